The van der Waals surface area contributed by atoms with E-state index in [9.17, 15) is 0 Å². The van der Waals surface area contributed by atoms with Crippen molar-refractivity contribution in [3.05, 3.63) is 199 Å². The van der Waals surface area contributed by atoms with Crippen molar-refractivity contribution in [3.63, 3.8) is 0 Å². The van der Waals surface area contributed by atoms with E-state index in [1.54, 1.807) is 0 Å². The highest BCUT2D eigenvalue weighted by Gasteiger charge is 2.33. The summed E-state index contributed by atoms with van der Waals surface area (Å²) in [6.07, 6.45) is 7.96. The molecule has 0 unspecified atom stereocenters. The number of benzene rings is 8. The summed E-state index contributed by atoms with van der Waals surface area (Å²) in [6.45, 7) is 7.14. The van der Waals surface area contributed by atoms with E-state index in [0.29, 0.717) is 0 Å². The van der Waals surface area contributed by atoms with Gasteiger partial charge in [-0.2, -0.15) is 0 Å². The fourth-order valence-corrected chi connectivity index (χ4v) is 9.69. The van der Waals surface area contributed by atoms with Gasteiger partial charge < -0.3 is 9.88 Å². The van der Waals surface area contributed by atoms with Gasteiger partial charge in [0.05, 0.1) is 23.3 Å². The average molecular weight is 761 g/mol. The average Bonchev–Trinajstić information content (AvgIpc) is 3.82. The van der Waals surface area contributed by atoms with Gasteiger partial charge in [-0.25, -0.2) is 0 Å². The number of aromatic nitrogens is 2. The molecule has 0 saturated carbocycles. The number of hydrogen-bond acceptors (Lipinski definition) is 3. The second kappa shape index (κ2) is 13.7. The smallest absolute Gasteiger partial charge is 0.115 e. The van der Waals surface area contributed by atoms with Crippen LogP contribution in [0.5, 0.6) is 0 Å². The Hall–Kier alpha value is -7.17. The molecule has 4 nitrogen and oxygen atoms in total. The highest BCUT2D eigenvalue weighted by Crippen LogP contribution is 2.54. The van der Waals surface area contributed by atoms with Gasteiger partial charge in [-0.05, 0) is 147 Å². The zero-order valence-corrected chi connectivity index (χ0v) is 33.6. The largest absolute Gasteiger partial charge is 0.348 e. The maximum absolute atomic E-state index is 4.66. The molecule has 1 aliphatic carbocycles. The molecule has 0 radical (unpaired) electrons. The van der Waals surface area contributed by atoms with Crippen LogP contribution in [0.4, 0.5) is 34.3 Å². The van der Waals surface area contributed by atoms with E-state index >= 15 is 0 Å². The summed E-state index contributed by atoms with van der Waals surface area (Å²) in [6, 6.07) is 59.9. The van der Waals surface area contributed by atoms with E-state index in [2.05, 4.69) is 198 Å². The molecule has 8 aromatic carbocycles. The first kappa shape index (κ1) is 35.0. The van der Waals surface area contributed by atoms with Crippen LogP contribution in [0.25, 0.3) is 54.6 Å². The predicted molar refractivity (Wildman–Crippen MR) is 249 cm³/mol. The number of aryl methyl sites for hydroxylation is 2. The molecule has 2 heterocycles. The first-order valence-electron chi connectivity index (χ1n) is 20.7. The third-order valence-electron chi connectivity index (χ3n) is 12.6. The number of aromatic amines is 1. The Bertz CT molecular complexity index is 3130. The van der Waals surface area contributed by atoms with E-state index in [1.165, 1.54) is 82.6 Å². The Morgan fingerprint density at radius 2 is 1.17 bits per heavy atom. The maximum Gasteiger partial charge on any atom is 0.115 e. The lowest BCUT2D eigenvalue weighted by Crippen LogP contribution is -2.24. The Balaban J connectivity index is 1.22. The minimum absolute atomic E-state index is 0.0129. The van der Waals surface area contributed by atoms with Gasteiger partial charge in [0.2, 0.25) is 0 Å². The van der Waals surface area contributed by atoms with Gasteiger partial charge in [0.1, 0.15) is 5.82 Å². The molecular weight excluding hydrogens is 717 g/mol. The molecule has 0 aliphatic heterocycles. The van der Waals surface area contributed by atoms with Gasteiger partial charge >= 0.3 is 0 Å². The Morgan fingerprint density at radius 3 is 1.83 bits per heavy atom. The summed E-state index contributed by atoms with van der Waals surface area (Å²) in [7, 11) is 0. The van der Waals surface area contributed by atoms with E-state index < -0.39 is 0 Å². The van der Waals surface area contributed by atoms with E-state index in [0.717, 1.165) is 35.7 Å². The first-order chi connectivity index (χ1) is 28.9. The minimum Gasteiger partial charge on any atom is -0.348 e. The summed E-state index contributed by atoms with van der Waals surface area (Å²) in [5.41, 5.74) is 14.4. The van der Waals surface area contributed by atoms with Crippen LogP contribution >= 0.6 is 0 Å². The van der Waals surface area contributed by atoms with Crippen molar-refractivity contribution in [1.29, 1.82) is 0 Å². The van der Waals surface area contributed by atoms with Crippen LogP contribution in [0.15, 0.2) is 182 Å². The van der Waals surface area contributed by atoms with Crippen LogP contribution < -0.4 is 9.80 Å². The number of hydrogen-bond donors (Lipinski definition) is 1. The highest BCUT2D eigenvalue weighted by molar-refractivity contribution is 6.30. The third-order valence-corrected chi connectivity index (χ3v) is 12.6. The molecule has 59 heavy (non-hydrogen) atoms. The molecular formula is C55H44N4. The lowest BCUT2D eigenvalue weighted by Gasteiger charge is -2.36. The molecule has 4 heteroatoms. The van der Waals surface area contributed by atoms with E-state index in [1.807, 2.05) is 24.7 Å². The molecule has 0 fully saturated rings. The number of rotatable bonds is 8. The van der Waals surface area contributed by atoms with Crippen molar-refractivity contribution >= 4 is 66.6 Å². The molecule has 284 valence electrons. The standard InChI is InChI=1S/C55H44N4/c1-36-30-49(59(51-23-13-29-57-51)43-21-11-19-40(32-43)38-16-8-5-9-17-38)47-34-48-52-41(26-27-55(48,2)3)33-50(46-25-24-45(36)53(47)54(46)52)58(44-22-12-28-56-35-44)42-20-10-18-39(31-42)37-14-6-4-7-15-37/h4-25,28-35,57H,26-27H2,1-3H3. The van der Waals surface area contributed by atoms with Crippen LogP contribution in [0.1, 0.15) is 37.0 Å². The van der Waals surface area contributed by atoms with Crippen molar-refractivity contribution in [2.45, 2.75) is 39.0 Å². The fraction of sp³-hybridized carbons (Fsp3) is 0.109. The van der Waals surface area contributed by atoms with Crippen molar-refractivity contribution in [1.82, 2.24) is 9.97 Å². The van der Waals surface area contributed by atoms with E-state index in [-0.39, 0.29) is 5.41 Å². The Kier molecular flexibility index (Phi) is 8.16. The number of anilines is 6. The summed E-state index contributed by atoms with van der Waals surface area (Å²) >= 11 is 0. The second-order valence-corrected chi connectivity index (χ2v) is 16.7. The zero-order chi connectivity index (χ0) is 39.7. The molecule has 11 rings (SSSR count). The minimum atomic E-state index is -0.0129. The van der Waals surface area contributed by atoms with Gasteiger partial charge in [0.15, 0.2) is 0 Å². The summed E-state index contributed by atoms with van der Waals surface area (Å²) < 4.78 is 0. The summed E-state index contributed by atoms with van der Waals surface area (Å²) in [5, 5.41) is 7.86. The van der Waals surface area contributed by atoms with E-state index in [4.69, 9.17) is 0 Å². The Labute approximate surface area is 345 Å². The maximum atomic E-state index is 4.66. The number of nitrogens with one attached hydrogen (secondary N) is 1. The van der Waals surface area contributed by atoms with Crippen LogP contribution in [0, 0.1) is 6.92 Å². The molecule has 0 atom stereocenters. The molecule has 1 N–H and O–H groups in total. The quantitative estimate of drug-likeness (QED) is 0.157. The predicted octanol–water partition coefficient (Wildman–Crippen LogP) is 15.1. The van der Waals surface area contributed by atoms with Gasteiger partial charge in [-0.15, -0.1) is 0 Å². The Morgan fingerprint density at radius 1 is 0.525 bits per heavy atom. The summed E-state index contributed by atoms with van der Waals surface area (Å²) in [4.78, 5) is 13.1. The van der Waals surface area contributed by atoms with Crippen LogP contribution in [-0.2, 0) is 11.8 Å². The molecule has 10 aromatic rings. The molecule has 0 spiro atoms. The van der Waals surface area contributed by atoms with Gasteiger partial charge in [-0.1, -0.05) is 111 Å². The molecule has 2 aromatic heterocycles. The van der Waals surface area contributed by atoms with Gasteiger partial charge in [-0.3, -0.25) is 9.88 Å². The van der Waals surface area contributed by atoms with Crippen LogP contribution in [0.3, 0.4) is 0 Å². The monoisotopic (exact) mass is 760 g/mol. The van der Waals surface area contributed by atoms with Crippen LogP contribution in [-0.4, -0.2) is 9.97 Å². The first-order valence-corrected chi connectivity index (χ1v) is 20.7. The lowest BCUT2D eigenvalue weighted by molar-refractivity contribution is 0.475. The number of nitrogens with zero attached hydrogens (tertiary/aromatic N) is 3. The third kappa shape index (κ3) is 5.78. The van der Waals surface area contributed by atoms with Crippen molar-refractivity contribution in [2.24, 2.45) is 0 Å². The van der Waals surface area contributed by atoms with Gasteiger partial charge in [0, 0.05) is 39.9 Å². The van der Waals surface area contributed by atoms with Crippen molar-refractivity contribution in [3.8, 4) is 22.3 Å². The van der Waals surface area contributed by atoms with Gasteiger partial charge in [0.25, 0.3) is 0 Å². The highest BCUT2D eigenvalue weighted by atomic mass is 15.2. The van der Waals surface area contributed by atoms with Crippen molar-refractivity contribution in [2.75, 3.05) is 9.80 Å². The fourth-order valence-electron chi connectivity index (χ4n) is 9.69. The number of H-pyrrole nitrogens is 1. The molecule has 0 bridgehead atoms. The van der Waals surface area contributed by atoms with Crippen LogP contribution in [0.2, 0.25) is 0 Å². The normalized spacial score (nSPS) is 13.3. The topological polar surface area (TPSA) is 35.2 Å². The number of pyridine rings is 1. The second-order valence-electron chi connectivity index (χ2n) is 16.7. The zero-order valence-electron chi connectivity index (χ0n) is 33.6. The summed E-state index contributed by atoms with van der Waals surface area (Å²) in [5.74, 6) is 1.03. The molecule has 0 saturated heterocycles. The van der Waals surface area contributed by atoms with Crippen molar-refractivity contribution < 1.29 is 0 Å². The SMILES string of the molecule is Cc1cc(N(c2cccc(-c3ccccc3)c2)c2ccc[nH]2)c2cc3c4c(cc(N(c5cccnc5)c5cccc(-c6ccccc6)c5)c5ccc1c2c54)CCC3(C)C. The molecule has 0 amide bonds. The lowest BCUT2D eigenvalue weighted by atomic mass is 9.70. The molecule has 1 aliphatic rings.